The van der Waals surface area contributed by atoms with Gasteiger partial charge in [0.1, 0.15) is 0 Å². The van der Waals surface area contributed by atoms with E-state index in [-0.39, 0.29) is 11.9 Å². The van der Waals surface area contributed by atoms with Crippen molar-refractivity contribution < 1.29 is 14.3 Å². The van der Waals surface area contributed by atoms with Crippen LogP contribution in [0.4, 0.5) is 5.69 Å². The first-order chi connectivity index (χ1) is 12.0. The molecule has 0 bridgehead atoms. The van der Waals surface area contributed by atoms with Crippen molar-refractivity contribution in [1.82, 2.24) is 0 Å². The molecular weight excluding hydrogens is 334 g/mol. The number of nitrogens with one attached hydrogen (secondary N) is 1. The number of carbonyl (C=O) groups excluding carboxylic acids is 2. The fourth-order valence-electron chi connectivity index (χ4n) is 2.21. The molecule has 0 radical (unpaired) electrons. The summed E-state index contributed by atoms with van der Waals surface area (Å²) in [6.07, 6.45) is 0.404. The van der Waals surface area contributed by atoms with E-state index in [0.717, 1.165) is 10.5 Å². The number of aryl methyl sites for hydroxylation is 2. The lowest BCUT2D eigenvalue weighted by molar-refractivity contribution is -0.115. The highest BCUT2D eigenvalue weighted by Gasteiger charge is 2.11. The molecule has 0 aliphatic rings. The van der Waals surface area contributed by atoms with Crippen molar-refractivity contribution in [2.45, 2.75) is 32.1 Å². The Morgan fingerprint density at radius 1 is 1.08 bits per heavy atom. The van der Waals surface area contributed by atoms with Crippen molar-refractivity contribution >= 4 is 29.3 Å². The Kier molecular flexibility index (Phi) is 7.07. The lowest BCUT2D eigenvalue weighted by Gasteiger charge is -2.10. The summed E-state index contributed by atoms with van der Waals surface area (Å²) in [5, 5.41) is 2.88. The van der Waals surface area contributed by atoms with Gasteiger partial charge in [-0.15, -0.1) is 11.8 Å². The first-order valence-corrected chi connectivity index (χ1v) is 9.25. The predicted octanol–water partition coefficient (Wildman–Crippen LogP) is 4.60. The van der Waals surface area contributed by atoms with Crippen molar-refractivity contribution in [2.75, 3.05) is 17.7 Å². The van der Waals surface area contributed by atoms with Gasteiger partial charge in [0.2, 0.25) is 5.91 Å². The van der Waals surface area contributed by atoms with Crippen molar-refractivity contribution in [3.63, 3.8) is 0 Å². The van der Waals surface area contributed by atoms with Crippen molar-refractivity contribution in [3.8, 4) is 0 Å². The maximum atomic E-state index is 12.2. The fraction of sp³-hybridized carbons (Fsp3) is 0.300. The number of rotatable bonds is 7. The standard InChI is InChI=1S/C20H23NO3S/c1-4-24-20(23)16-8-7-15(3)18(13-16)21-19(22)11-12-25-17-9-5-14(2)6-10-17/h5-10,13H,4,11-12H2,1-3H3,(H,21,22). The second-order valence-electron chi connectivity index (χ2n) is 5.71. The summed E-state index contributed by atoms with van der Waals surface area (Å²) < 4.78 is 5.00. The van der Waals surface area contributed by atoms with Gasteiger partial charge in [-0.25, -0.2) is 4.79 Å². The molecule has 0 atom stereocenters. The average molecular weight is 357 g/mol. The van der Waals surface area contributed by atoms with Gasteiger partial charge >= 0.3 is 5.97 Å². The number of esters is 1. The first-order valence-electron chi connectivity index (χ1n) is 8.26. The molecule has 0 heterocycles. The lowest BCUT2D eigenvalue weighted by Crippen LogP contribution is -2.14. The Labute approximate surface area is 153 Å². The van der Waals surface area contributed by atoms with Gasteiger partial charge in [-0.3, -0.25) is 4.79 Å². The Bertz CT molecular complexity index is 741. The van der Waals surface area contributed by atoms with E-state index in [1.807, 2.05) is 13.0 Å². The van der Waals surface area contributed by atoms with Crippen molar-refractivity contribution in [1.29, 1.82) is 0 Å². The monoisotopic (exact) mass is 357 g/mol. The Balaban J connectivity index is 1.90. The summed E-state index contributed by atoms with van der Waals surface area (Å²) in [5.74, 6) is 0.252. The molecule has 25 heavy (non-hydrogen) atoms. The summed E-state index contributed by atoms with van der Waals surface area (Å²) >= 11 is 1.65. The quantitative estimate of drug-likeness (QED) is 0.581. The molecule has 4 nitrogen and oxygen atoms in total. The van der Waals surface area contributed by atoms with E-state index in [9.17, 15) is 9.59 Å². The van der Waals surface area contributed by atoms with Crippen LogP contribution in [0.25, 0.3) is 0 Å². The predicted molar refractivity (Wildman–Crippen MR) is 102 cm³/mol. The lowest BCUT2D eigenvalue weighted by atomic mass is 10.1. The Hall–Kier alpha value is -2.27. The van der Waals surface area contributed by atoms with Gasteiger partial charge in [0.25, 0.3) is 0 Å². The highest BCUT2D eigenvalue weighted by Crippen LogP contribution is 2.21. The van der Waals surface area contributed by atoms with Crippen LogP contribution in [0.2, 0.25) is 0 Å². The van der Waals surface area contributed by atoms with Crippen LogP contribution in [-0.2, 0) is 9.53 Å². The van der Waals surface area contributed by atoms with Crippen LogP contribution < -0.4 is 5.32 Å². The highest BCUT2D eigenvalue weighted by atomic mass is 32.2. The molecule has 0 saturated carbocycles. The SMILES string of the molecule is CCOC(=O)c1ccc(C)c(NC(=O)CCSc2ccc(C)cc2)c1. The second kappa shape index (κ2) is 9.28. The van der Waals surface area contributed by atoms with Crippen molar-refractivity contribution in [3.05, 3.63) is 59.2 Å². The number of hydrogen-bond donors (Lipinski definition) is 1. The summed E-state index contributed by atoms with van der Waals surface area (Å²) in [7, 11) is 0. The van der Waals surface area contributed by atoms with E-state index in [0.29, 0.717) is 30.0 Å². The molecule has 2 aromatic rings. The van der Waals surface area contributed by atoms with Crippen LogP contribution in [0, 0.1) is 13.8 Å². The fourth-order valence-corrected chi connectivity index (χ4v) is 3.06. The minimum Gasteiger partial charge on any atom is -0.462 e. The molecule has 2 aromatic carbocycles. The van der Waals surface area contributed by atoms with Crippen LogP contribution in [0.5, 0.6) is 0 Å². The largest absolute Gasteiger partial charge is 0.462 e. The number of ether oxygens (including phenoxy) is 1. The Morgan fingerprint density at radius 3 is 2.48 bits per heavy atom. The molecule has 0 aromatic heterocycles. The summed E-state index contributed by atoms with van der Waals surface area (Å²) in [6, 6.07) is 13.4. The number of carbonyl (C=O) groups is 2. The van der Waals surface area contributed by atoms with Gasteiger partial charge < -0.3 is 10.1 Å². The third-order valence-corrected chi connectivity index (χ3v) is 4.66. The first kappa shape index (κ1) is 19.1. The topological polar surface area (TPSA) is 55.4 Å². The third kappa shape index (κ3) is 5.94. The molecular formula is C20H23NO3S. The second-order valence-corrected chi connectivity index (χ2v) is 6.88. The van der Waals surface area contributed by atoms with Gasteiger partial charge in [-0.05, 0) is 50.6 Å². The van der Waals surface area contributed by atoms with Gasteiger partial charge in [0.05, 0.1) is 12.2 Å². The molecule has 0 aliphatic heterocycles. The van der Waals surface area contributed by atoms with E-state index in [2.05, 4.69) is 36.5 Å². The molecule has 0 aliphatic carbocycles. The molecule has 0 unspecified atom stereocenters. The van der Waals surface area contributed by atoms with Gasteiger partial charge in [-0.2, -0.15) is 0 Å². The van der Waals surface area contributed by atoms with Gasteiger partial charge in [0, 0.05) is 22.8 Å². The van der Waals surface area contributed by atoms with E-state index in [1.165, 1.54) is 5.56 Å². The maximum Gasteiger partial charge on any atom is 0.338 e. The molecule has 1 N–H and O–H groups in total. The third-order valence-electron chi connectivity index (χ3n) is 3.64. The van der Waals surface area contributed by atoms with Crippen molar-refractivity contribution in [2.24, 2.45) is 0 Å². The van der Waals surface area contributed by atoms with E-state index < -0.39 is 0 Å². The van der Waals surface area contributed by atoms with Gasteiger partial charge in [-0.1, -0.05) is 23.8 Å². The van der Waals surface area contributed by atoms with Crippen LogP contribution in [-0.4, -0.2) is 24.2 Å². The zero-order valence-electron chi connectivity index (χ0n) is 14.8. The van der Waals surface area contributed by atoms with E-state index in [4.69, 9.17) is 4.74 Å². The molecule has 0 spiro atoms. The smallest absolute Gasteiger partial charge is 0.338 e. The minimum atomic E-state index is -0.382. The summed E-state index contributed by atoms with van der Waals surface area (Å²) in [5.41, 5.74) is 3.22. The zero-order chi connectivity index (χ0) is 18.2. The van der Waals surface area contributed by atoms with E-state index >= 15 is 0 Å². The molecule has 5 heteroatoms. The van der Waals surface area contributed by atoms with Crippen LogP contribution in [0.1, 0.15) is 34.8 Å². The average Bonchev–Trinajstić information content (AvgIpc) is 2.59. The van der Waals surface area contributed by atoms with Crippen LogP contribution in [0.15, 0.2) is 47.4 Å². The number of amides is 1. The number of benzene rings is 2. The molecule has 2 rings (SSSR count). The Morgan fingerprint density at radius 2 is 1.80 bits per heavy atom. The van der Waals surface area contributed by atoms with Gasteiger partial charge in [0.15, 0.2) is 0 Å². The molecule has 0 fully saturated rings. The zero-order valence-corrected chi connectivity index (χ0v) is 15.6. The number of hydrogen-bond acceptors (Lipinski definition) is 4. The van der Waals surface area contributed by atoms with Crippen LogP contribution in [0.3, 0.4) is 0 Å². The summed E-state index contributed by atoms with van der Waals surface area (Å²) in [6.45, 7) is 6.03. The highest BCUT2D eigenvalue weighted by molar-refractivity contribution is 7.99. The van der Waals surface area contributed by atoms with E-state index in [1.54, 1.807) is 30.8 Å². The minimum absolute atomic E-state index is 0.0660. The number of anilines is 1. The maximum absolute atomic E-state index is 12.2. The number of thioether (sulfide) groups is 1. The van der Waals surface area contributed by atoms with Crippen LogP contribution >= 0.6 is 11.8 Å². The molecule has 1 amide bonds. The molecule has 132 valence electrons. The molecule has 0 saturated heterocycles. The summed E-state index contributed by atoms with van der Waals surface area (Å²) in [4.78, 5) is 25.1. The normalized spacial score (nSPS) is 10.4.